The second kappa shape index (κ2) is 11.2. The molecule has 7 rings (SSSR count). The summed E-state index contributed by atoms with van der Waals surface area (Å²) in [6.45, 7) is 1.55. The summed E-state index contributed by atoms with van der Waals surface area (Å²) in [5, 5.41) is 14.9. The molecule has 0 spiro atoms. The second-order valence-corrected chi connectivity index (χ2v) is 11.6. The molecule has 2 aromatic carbocycles. The number of nitrogens with one attached hydrogen (secondary N) is 1. The number of rotatable bonds is 10. The zero-order chi connectivity index (χ0) is 32.1. The number of fused-ring (bicyclic) bond motifs is 2. The Balaban J connectivity index is 1.31. The number of carbonyl (C=O) groups excluding carboxylic acids is 1. The van der Waals surface area contributed by atoms with E-state index < -0.39 is 41.8 Å². The summed E-state index contributed by atoms with van der Waals surface area (Å²) in [5.74, 6) is -5.81. The van der Waals surface area contributed by atoms with Crippen LogP contribution < -0.4 is 16.0 Å². The van der Waals surface area contributed by atoms with Gasteiger partial charge >= 0.3 is 12.1 Å². The van der Waals surface area contributed by atoms with E-state index in [1.807, 2.05) is 0 Å². The number of benzene rings is 2. The monoisotopic (exact) mass is 635 g/mol. The number of alkyl halides is 5. The normalized spacial score (nSPS) is 20.5. The molecule has 3 fully saturated rings. The molecule has 16 heteroatoms. The third kappa shape index (κ3) is 5.91. The topological polar surface area (TPSA) is 136 Å². The van der Waals surface area contributed by atoms with Crippen molar-refractivity contribution in [1.82, 2.24) is 25.7 Å². The Morgan fingerprint density at radius 3 is 2.51 bits per heavy atom. The van der Waals surface area contributed by atoms with Gasteiger partial charge in [0.25, 0.3) is 11.8 Å². The fraction of sp³-hybridized carbons (Fsp3) is 0.414. The molecule has 2 saturated heterocycles. The van der Waals surface area contributed by atoms with Crippen molar-refractivity contribution in [1.29, 1.82) is 0 Å². The van der Waals surface area contributed by atoms with E-state index in [0.29, 0.717) is 30.0 Å². The Hall–Kier alpha value is -4.31. The summed E-state index contributed by atoms with van der Waals surface area (Å²) < 4.78 is 95.2. The van der Waals surface area contributed by atoms with Crippen LogP contribution >= 0.6 is 0 Å². The van der Waals surface area contributed by atoms with Gasteiger partial charge in [0.05, 0.1) is 17.0 Å². The number of nitrogens with two attached hydrogens (primary N) is 1. The van der Waals surface area contributed by atoms with E-state index in [9.17, 15) is 18.0 Å². The largest absolute Gasteiger partial charge is 0.471 e. The maximum absolute atomic E-state index is 15.5. The lowest BCUT2D eigenvalue weighted by atomic mass is 9.59. The molecule has 2 bridgehead atoms. The Morgan fingerprint density at radius 2 is 1.89 bits per heavy atom. The van der Waals surface area contributed by atoms with Gasteiger partial charge in [0, 0.05) is 43.4 Å². The molecule has 3 aliphatic rings. The number of piperidine rings is 2. The van der Waals surface area contributed by atoms with E-state index >= 15 is 13.2 Å². The van der Waals surface area contributed by atoms with Crippen molar-refractivity contribution < 1.29 is 40.1 Å². The highest BCUT2D eigenvalue weighted by Crippen LogP contribution is 2.50. The third-order valence-electron chi connectivity index (χ3n) is 8.22. The third-order valence-corrected chi connectivity index (χ3v) is 8.22. The maximum Gasteiger partial charge on any atom is 0.471 e. The van der Waals surface area contributed by atoms with Gasteiger partial charge in [-0.05, 0) is 43.0 Å². The summed E-state index contributed by atoms with van der Waals surface area (Å²) in [6.07, 6.45) is -3.95. The molecule has 4 aromatic rings. The number of nitrogens with zero attached hydrogens (tertiary/aromatic N) is 5. The van der Waals surface area contributed by atoms with E-state index in [1.54, 1.807) is 12.1 Å². The highest BCUT2D eigenvalue weighted by atomic mass is 19.4. The predicted octanol–water partition coefficient (Wildman–Crippen LogP) is 4.84. The van der Waals surface area contributed by atoms with Crippen molar-refractivity contribution in [2.45, 2.75) is 49.4 Å². The molecule has 10 nitrogen and oxygen atoms in total. The summed E-state index contributed by atoms with van der Waals surface area (Å²) in [7, 11) is 1.50. The van der Waals surface area contributed by atoms with E-state index in [-0.39, 0.29) is 46.8 Å². The van der Waals surface area contributed by atoms with Gasteiger partial charge in [-0.2, -0.15) is 18.2 Å². The molecular formula is C29H27F6N7O3. The molecule has 0 amide bonds. The van der Waals surface area contributed by atoms with Crippen molar-refractivity contribution in [3.63, 3.8) is 0 Å². The first-order valence-electron chi connectivity index (χ1n) is 14.0. The van der Waals surface area contributed by atoms with E-state index in [2.05, 4.69) is 30.2 Å². The number of aldehydes is 1. The van der Waals surface area contributed by atoms with Gasteiger partial charge in [0.15, 0.2) is 0 Å². The van der Waals surface area contributed by atoms with Crippen molar-refractivity contribution in [2.75, 3.05) is 25.0 Å². The minimum Gasteiger partial charge on any atom is -0.420 e. The molecule has 45 heavy (non-hydrogen) atoms. The predicted molar refractivity (Wildman–Crippen MR) is 146 cm³/mol. The number of anilines is 1. The molecular weight excluding hydrogens is 608 g/mol. The van der Waals surface area contributed by atoms with Crippen LogP contribution in [-0.4, -0.2) is 52.8 Å². The molecule has 0 radical (unpaired) electrons. The quantitative estimate of drug-likeness (QED) is 0.184. The minimum atomic E-state index is -4.80. The van der Waals surface area contributed by atoms with Crippen molar-refractivity contribution >= 4 is 12.0 Å². The summed E-state index contributed by atoms with van der Waals surface area (Å²) in [5.41, 5.74) is 4.99. The van der Waals surface area contributed by atoms with Crippen molar-refractivity contribution in [3.05, 3.63) is 65.1 Å². The van der Waals surface area contributed by atoms with Crippen LogP contribution in [0.3, 0.4) is 0 Å². The fourth-order valence-corrected chi connectivity index (χ4v) is 6.01. The van der Waals surface area contributed by atoms with Gasteiger partial charge in [-0.15, -0.1) is 10.2 Å². The van der Waals surface area contributed by atoms with Crippen LogP contribution in [0, 0.1) is 11.7 Å². The average molecular weight is 636 g/mol. The lowest BCUT2D eigenvalue weighted by Crippen LogP contribution is -2.57. The lowest BCUT2D eigenvalue weighted by molar-refractivity contribution is -0.159. The Bertz CT molecular complexity index is 1690. The van der Waals surface area contributed by atoms with Crippen LogP contribution in [0.5, 0.6) is 0 Å². The number of carbonyl (C=O) groups is 1. The van der Waals surface area contributed by atoms with Gasteiger partial charge in [0.2, 0.25) is 11.7 Å². The highest BCUT2D eigenvalue weighted by Gasteiger charge is 2.52. The standard InChI is InChI=1S/C29H27F6N7O3/c1-42(12-15-2-4-17(5-3-15)23-38-26(45-41-23)29(33,34)35)22-6-19(21(30)7-20(22)28(31,32)10-18(36)13-43)24-39-40-25(44-24)27-8-16(9-27)11-37-14-27/h2-7,13,16,18,37H,8-12,14,36H2,1H3. The second-order valence-electron chi connectivity index (χ2n) is 11.6. The average Bonchev–Trinajstić information content (AvgIpc) is 3.68. The molecule has 1 unspecified atom stereocenters. The Morgan fingerprint density at radius 1 is 1.16 bits per heavy atom. The zero-order valence-corrected chi connectivity index (χ0v) is 23.7. The van der Waals surface area contributed by atoms with Crippen LogP contribution in [0.4, 0.5) is 32.0 Å². The van der Waals surface area contributed by atoms with Gasteiger partial charge < -0.3 is 29.7 Å². The lowest BCUT2D eigenvalue weighted by Gasteiger charge is -2.50. The summed E-state index contributed by atoms with van der Waals surface area (Å²) in [4.78, 5) is 15.9. The number of halogens is 6. The molecule has 238 valence electrons. The van der Waals surface area contributed by atoms with Crippen LogP contribution in [0.1, 0.15) is 42.2 Å². The molecule has 2 aromatic heterocycles. The van der Waals surface area contributed by atoms with Crippen LogP contribution in [-0.2, 0) is 28.9 Å². The van der Waals surface area contributed by atoms with E-state index in [4.69, 9.17) is 10.2 Å². The van der Waals surface area contributed by atoms with Crippen LogP contribution in [0.25, 0.3) is 22.8 Å². The SMILES string of the molecule is CN(Cc1ccc(-c2noc(C(F)(F)F)n2)cc1)c1cc(-c2nnc(C34CNCC(C3)C4)o2)c(F)cc1C(F)(F)CC(N)C=O. The Kier molecular flexibility index (Phi) is 7.67. The van der Waals surface area contributed by atoms with Crippen LogP contribution in [0.2, 0.25) is 0 Å². The first kappa shape index (κ1) is 30.7. The van der Waals surface area contributed by atoms with E-state index in [0.717, 1.165) is 19.4 Å². The number of hydrogen-bond acceptors (Lipinski definition) is 10. The minimum absolute atomic E-state index is 0.0134. The van der Waals surface area contributed by atoms with Crippen molar-refractivity contribution in [2.24, 2.45) is 11.7 Å². The van der Waals surface area contributed by atoms with Gasteiger partial charge in [-0.3, -0.25) is 0 Å². The summed E-state index contributed by atoms with van der Waals surface area (Å²) >= 11 is 0. The molecule has 3 N–H and O–H groups in total. The molecule has 1 saturated carbocycles. The fourth-order valence-electron chi connectivity index (χ4n) is 6.01. The summed E-state index contributed by atoms with van der Waals surface area (Å²) in [6, 6.07) is 6.38. The van der Waals surface area contributed by atoms with Crippen LogP contribution in [0.15, 0.2) is 45.3 Å². The maximum atomic E-state index is 15.5. The van der Waals surface area contributed by atoms with Gasteiger partial charge in [0.1, 0.15) is 12.1 Å². The first-order chi connectivity index (χ1) is 21.3. The van der Waals surface area contributed by atoms with Crippen molar-refractivity contribution in [3.8, 4) is 22.8 Å². The smallest absolute Gasteiger partial charge is 0.420 e. The highest BCUT2D eigenvalue weighted by molar-refractivity contribution is 5.68. The molecule has 2 aliphatic heterocycles. The molecule has 4 heterocycles. The molecule has 1 aliphatic carbocycles. The van der Waals surface area contributed by atoms with Gasteiger partial charge in [-0.25, -0.2) is 13.2 Å². The number of hydrogen-bond donors (Lipinski definition) is 2. The first-order valence-corrected chi connectivity index (χ1v) is 14.0. The van der Waals surface area contributed by atoms with Gasteiger partial charge in [-0.1, -0.05) is 29.4 Å². The number of aromatic nitrogens is 4. The zero-order valence-electron chi connectivity index (χ0n) is 23.7. The Labute approximate surface area is 252 Å². The molecule has 1 atom stereocenters. The van der Waals surface area contributed by atoms with E-state index in [1.165, 1.54) is 30.1 Å².